The quantitative estimate of drug-likeness (QED) is 0.285. The Balaban J connectivity index is 1.28. The van der Waals surface area contributed by atoms with E-state index in [1.165, 1.54) is 11.8 Å². The molecule has 2 aliphatic carbocycles. The van der Waals surface area contributed by atoms with Gasteiger partial charge in [0.05, 0.1) is 5.56 Å². The van der Waals surface area contributed by atoms with Crippen molar-refractivity contribution >= 4 is 28.7 Å². The van der Waals surface area contributed by atoms with E-state index in [-0.39, 0.29) is 42.9 Å². The summed E-state index contributed by atoms with van der Waals surface area (Å²) in [6.07, 6.45) is 7.83. The number of rotatable bonds is 9. The minimum Gasteiger partial charge on any atom is -0.348 e. The number of carbonyl (C=O) groups is 1. The lowest BCUT2D eigenvalue weighted by molar-refractivity contribution is -0.0934. The molecular formula is C30H39F2N5O2S. The van der Waals surface area contributed by atoms with Gasteiger partial charge in [-0.15, -0.1) is 11.8 Å². The normalized spacial score (nSPS) is 21.8. The monoisotopic (exact) mass is 571 g/mol. The Hall–Kier alpha value is -2.72. The Morgan fingerprint density at radius 1 is 1.25 bits per heavy atom. The molecule has 0 saturated heterocycles. The molecule has 0 bridgehead atoms. The molecule has 0 aliphatic heterocycles. The van der Waals surface area contributed by atoms with Crippen LogP contribution in [0.4, 0.5) is 8.78 Å². The molecule has 0 radical (unpaired) electrons. The van der Waals surface area contributed by atoms with Gasteiger partial charge in [-0.25, -0.2) is 13.8 Å². The van der Waals surface area contributed by atoms with Crippen molar-refractivity contribution in [3.8, 4) is 0 Å². The summed E-state index contributed by atoms with van der Waals surface area (Å²) in [5.74, 6) is -1.76. The molecule has 40 heavy (non-hydrogen) atoms. The third kappa shape index (κ3) is 5.84. The van der Waals surface area contributed by atoms with Crippen LogP contribution < -0.4 is 16.2 Å². The lowest BCUT2D eigenvalue weighted by Gasteiger charge is -2.38. The summed E-state index contributed by atoms with van der Waals surface area (Å²) in [6, 6.07) is 5.81. The Morgan fingerprint density at radius 3 is 2.65 bits per heavy atom. The summed E-state index contributed by atoms with van der Waals surface area (Å²) in [5, 5.41) is 7.14. The fraction of sp³-hybridized carbons (Fsp3) is 0.567. The number of aromatic nitrogens is 3. The highest BCUT2D eigenvalue weighted by Crippen LogP contribution is 2.40. The molecule has 10 heteroatoms. The number of aromatic amines is 1. The van der Waals surface area contributed by atoms with Crippen LogP contribution >= 0.6 is 11.8 Å². The van der Waals surface area contributed by atoms with Gasteiger partial charge >= 0.3 is 0 Å². The van der Waals surface area contributed by atoms with E-state index in [2.05, 4.69) is 32.1 Å². The number of thioether (sulfide) groups is 1. The first-order valence-electron chi connectivity index (χ1n) is 14.2. The first-order chi connectivity index (χ1) is 19.1. The summed E-state index contributed by atoms with van der Waals surface area (Å²) in [4.78, 5) is 34.5. The molecule has 3 aromatic rings. The summed E-state index contributed by atoms with van der Waals surface area (Å²) in [6.45, 7) is 6.98. The first kappa shape index (κ1) is 28.8. The number of amides is 1. The molecule has 1 atom stereocenters. The van der Waals surface area contributed by atoms with Crippen LogP contribution in [-0.2, 0) is 6.54 Å². The van der Waals surface area contributed by atoms with Crippen molar-refractivity contribution in [1.82, 2.24) is 25.2 Å². The fourth-order valence-corrected chi connectivity index (χ4v) is 7.27. The molecular weight excluding hydrogens is 532 g/mol. The summed E-state index contributed by atoms with van der Waals surface area (Å²) in [5.41, 5.74) is 3.42. The van der Waals surface area contributed by atoms with Crippen molar-refractivity contribution in [3.05, 3.63) is 57.3 Å². The lowest BCUT2D eigenvalue weighted by Crippen LogP contribution is -2.49. The molecule has 2 saturated carbocycles. The molecule has 216 valence electrons. The zero-order valence-electron chi connectivity index (χ0n) is 23.7. The van der Waals surface area contributed by atoms with Gasteiger partial charge in [0.15, 0.2) is 0 Å². The van der Waals surface area contributed by atoms with E-state index in [4.69, 9.17) is 0 Å². The minimum absolute atomic E-state index is 0.0392. The largest absolute Gasteiger partial charge is 0.348 e. The van der Waals surface area contributed by atoms with Gasteiger partial charge < -0.3 is 20.2 Å². The highest BCUT2D eigenvalue weighted by molar-refractivity contribution is 7.98. The Labute approximate surface area is 237 Å². The Morgan fingerprint density at radius 2 is 1.98 bits per heavy atom. The molecule has 3 N–H and O–H groups in total. The molecule has 0 aromatic carbocycles. The van der Waals surface area contributed by atoms with Crippen LogP contribution in [0.2, 0.25) is 0 Å². The minimum atomic E-state index is -2.48. The second-order valence-electron chi connectivity index (χ2n) is 11.6. The molecule has 1 amide bonds. The second kappa shape index (κ2) is 11.6. The molecule has 0 spiro atoms. The predicted octanol–water partition coefficient (Wildman–Crippen LogP) is 5.75. The van der Waals surface area contributed by atoms with E-state index in [1.807, 2.05) is 38.3 Å². The average molecular weight is 572 g/mol. The molecule has 2 aliphatic rings. The van der Waals surface area contributed by atoms with Gasteiger partial charge in [0.2, 0.25) is 0 Å². The van der Waals surface area contributed by atoms with Crippen LogP contribution in [0.1, 0.15) is 78.8 Å². The first-order valence-corrected chi connectivity index (χ1v) is 15.4. The van der Waals surface area contributed by atoms with E-state index >= 15 is 0 Å². The SMILES string of the molecule is CSc1cc(C)[nH]c(=O)c1CNC(=O)c1c(C)n([C@H](C)C2CCC(CNC3CC(F)(F)C3)CC2)c2ncccc12. The molecule has 3 heterocycles. The fourth-order valence-electron chi connectivity index (χ4n) is 6.56. The predicted molar refractivity (Wildman–Crippen MR) is 155 cm³/mol. The van der Waals surface area contributed by atoms with Crippen LogP contribution in [0.3, 0.4) is 0 Å². The van der Waals surface area contributed by atoms with Crippen LogP contribution in [0.5, 0.6) is 0 Å². The molecule has 2 fully saturated rings. The van der Waals surface area contributed by atoms with Crippen molar-refractivity contribution in [1.29, 1.82) is 0 Å². The number of hydrogen-bond donors (Lipinski definition) is 3. The molecule has 7 nitrogen and oxygen atoms in total. The van der Waals surface area contributed by atoms with Crippen LogP contribution in [0.15, 0.2) is 34.1 Å². The maximum atomic E-state index is 13.6. The van der Waals surface area contributed by atoms with Crippen LogP contribution in [-0.4, -0.2) is 45.2 Å². The number of aryl methyl sites for hydroxylation is 1. The average Bonchev–Trinajstić information content (AvgIpc) is 3.21. The van der Waals surface area contributed by atoms with Gasteiger partial charge in [-0.3, -0.25) is 9.59 Å². The maximum Gasteiger partial charge on any atom is 0.254 e. The van der Waals surface area contributed by atoms with Crippen molar-refractivity contribution < 1.29 is 13.6 Å². The third-order valence-electron chi connectivity index (χ3n) is 8.88. The van der Waals surface area contributed by atoms with Gasteiger partial charge in [-0.05, 0) is 89.3 Å². The van der Waals surface area contributed by atoms with Gasteiger partial charge in [-0.1, -0.05) is 0 Å². The van der Waals surface area contributed by atoms with Gasteiger partial charge in [0, 0.05) is 64.9 Å². The number of nitrogens with zero attached hydrogens (tertiary/aromatic N) is 2. The van der Waals surface area contributed by atoms with E-state index in [9.17, 15) is 18.4 Å². The number of carbonyl (C=O) groups excluding carboxylic acids is 1. The number of hydrogen-bond acceptors (Lipinski definition) is 5. The van der Waals surface area contributed by atoms with Crippen molar-refractivity contribution in [2.45, 2.75) is 88.7 Å². The smallest absolute Gasteiger partial charge is 0.254 e. The number of H-pyrrole nitrogens is 1. The summed E-state index contributed by atoms with van der Waals surface area (Å²) >= 11 is 1.49. The van der Waals surface area contributed by atoms with E-state index in [0.717, 1.165) is 59.5 Å². The van der Waals surface area contributed by atoms with Crippen LogP contribution in [0.25, 0.3) is 11.0 Å². The van der Waals surface area contributed by atoms with E-state index in [0.29, 0.717) is 23.0 Å². The third-order valence-corrected chi connectivity index (χ3v) is 9.68. The van der Waals surface area contributed by atoms with Gasteiger partial charge in [0.25, 0.3) is 17.4 Å². The summed E-state index contributed by atoms with van der Waals surface area (Å²) in [7, 11) is 0. The summed E-state index contributed by atoms with van der Waals surface area (Å²) < 4.78 is 28.5. The van der Waals surface area contributed by atoms with E-state index in [1.54, 1.807) is 6.20 Å². The molecule has 3 aromatic heterocycles. The number of halogens is 2. The standard InChI is InChI=1S/C30H39F2N5O2S/c1-17-12-25(40-4)24(28(38)36-17)16-35-29(39)26-19(3)37(27-23(26)6-5-11-33-27)18(2)21-9-7-20(8-10-21)15-34-22-13-30(31,32)14-22/h5-6,11-12,18,20-22,34H,7-10,13-16H2,1-4H3,(H,35,39)(H,36,38)/t18-,20?,21?/m1/s1. The highest BCUT2D eigenvalue weighted by atomic mass is 32.2. The number of fused-ring (bicyclic) bond motifs is 1. The Bertz CT molecular complexity index is 1440. The second-order valence-corrected chi connectivity index (χ2v) is 12.5. The van der Waals surface area contributed by atoms with Crippen molar-refractivity contribution in [2.24, 2.45) is 11.8 Å². The topological polar surface area (TPSA) is 91.8 Å². The number of pyridine rings is 2. The lowest BCUT2D eigenvalue weighted by atomic mass is 9.78. The Kier molecular flexibility index (Phi) is 8.38. The van der Waals surface area contributed by atoms with Gasteiger partial charge in [-0.2, -0.15) is 0 Å². The highest BCUT2D eigenvalue weighted by Gasteiger charge is 2.45. The van der Waals surface area contributed by atoms with Crippen LogP contribution in [0, 0.1) is 25.7 Å². The van der Waals surface area contributed by atoms with E-state index < -0.39 is 5.92 Å². The zero-order chi connectivity index (χ0) is 28.6. The molecule has 0 unspecified atom stereocenters. The number of nitrogens with one attached hydrogen (secondary N) is 3. The van der Waals surface area contributed by atoms with Gasteiger partial charge in [0.1, 0.15) is 5.65 Å². The maximum absolute atomic E-state index is 13.6. The van der Waals surface area contributed by atoms with Crippen molar-refractivity contribution in [2.75, 3.05) is 12.8 Å². The zero-order valence-corrected chi connectivity index (χ0v) is 24.5. The van der Waals surface area contributed by atoms with Crippen molar-refractivity contribution in [3.63, 3.8) is 0 Å². The number of alkyl halides is 2. The molecule has 5 rings (SSSR count).